The maximum Gasteiger partial charge on any atom is 0.253 e. The first-order valence-corrected chi connectivity index (χ1v) is 6.67. The zero-order chi connectivity index (χ0) is 14.8. The van der Waals surface area contributed by atoms with E-state index in [9.17, 15) is 4.79 Å². The minimum atomic E-state index is -0.241. The van der Waals surface area contributed by atoms with E-state index in [4.69, 9.17) is 10.5 Å². The number of aromatic nitrogens is 4. The summed E-state index contributed by atoms with van der Waals surface area (Å²) in [4.78, 5) is 21.9. The molecular formula is C13H16N6O2. The lowest BCUT2D eigenvalue weighted by molar-refractivity contribution is -0.125. The summed E-state index contributed by atoms with van der Waals surface area (Å²) in [7, 11) is 0. The summed E-state index contributed by atoms with van der Waals surface area (Å²) in [6.07, 6.45) is 3.09. The zero-order valence-corrected chi connectivity index (χ0v) is 11.6. The summed E-state index contributed by atoms with van der Waals surface area (Å²) in [6.45, 7) is 3.01. The third kappa shape index (κ3) is 2.63. The zero-order valence-electron chi connectivity index (χ0n) is 11.6. The van der Waals surface area contributed by atoms with Crippen molar-refractivity contribution < 1.29 is 9.53 Å². The fourth-order valence-electron chi connectivity index (χ4n) is 2.19. The van der Waals surface area contributed by atoms with E-state index in [0.717, 1.165) is 5.69 Å². The van der Waals surface area contributed by atoms with Gasteiger partial charge in [-0.25, -0.2) is 9.97 Å². The largest absolute Gasteiger partial charge is 0.370 e. The lowest BCUT2D eigenvalue weighted by atomic mass is 10.3. The molecule has 1 aliphatic rings. The Hall–Kier alpha value is -2.32. The maximum absolute atomic E-state index is 11.8. The van der Waals surface area contributed by atoms with Gasteiger partial charge in [-0.3, -0.25) is 4.79 Å². The van der Waals surface area contributed by atoms with Crippen LogP contribution in [-0.2, 0) is 9.53 Å². The van der Waals surface area contributed by atoms with Gasteiger partial charge in [0.1, 0.15) is 12.9 Å². The van der Waals surface area contributed by atoms with Crippen LogP contribution in [0.5, 0.6) is 0 Å². The van der Waals surface area contributed by atoms with E-state index in [-0.39, 0.29) is 18.6 Å². The summed E-state index contributed by atoms with van der Waals surface area (Å²) in [5.41, 5.74) is 6.59. The standard InChI is InChI=1S/C13H16N6O2/c1-9(14)13-16-8-17-19(13)11-3-2-10(6-15-11)18-4-5-21-7-12(18)20/h2-3,6,8-9H,4-5,7,14H2,1H3/t9-/m0/s1. The highest BCUT2D eigenvalue weighted by Crippen LogP contribution is 2.18. The Morgan fingerprint density at radius 2 is 2.24 bits per heavy atom. The molecule has 0 spiro atoms. The Balaban J connectivity index is 1.87. The number of nitrogens with zero attached hydrogens (tertiary/aromatic N) is 5. The molecule has 8 heteroatoms. The van der Waals surface area contributed by atoms with Gasteiger partial charge in [-0.15, -0.1) is 0 Å². The van der Waals surface area contributed by atoms with Crippen molar-refractivity contribution in [1.82, 2.24) is 19.7 Å². The molecule has 1 fully saturated rings. The molecule has 1 amide bonds. The highest BCUT2D eigenvalue weighted by Gasteiger charge is 2.20. The van der Waals surface area contributed by atoms with Gasteiger partial charge < -0.3 is 15.4 Å². The number of rotatable bonds is 3. The number of ether oxygens (including phenoxy) is 1. The average molecular weight is 288 g/mol. The molecule has 8 nitrogen and oxygen atoms in total. The van der Waals surface area contributed by atoms with Gasteiger partial charge in [-0.2, -0.15) is 9.78 Å². The van der Waals surface area contributed by atoms with E-state index < -0.39 is 0 Å². The summed E-state index contributed by atoms with van der Waals surface area (Å²) < 4.78 is 6.70. The molecule has 1 aliphatic heterocycles. The van der Waals surface area contributed by atoms with Crippen molar-refractivity contribution in [2.75, 3.05) is 24.7 Å². The number of morpholine rings is 1. The molecule has 1 saturated heterocycles. The van der Waals surface area contributed by atoms with E-state index in [2.05, 4.69) is 15.1 Å². The first kappa shape index (κ1) is 13.7. The highest BCUT2D eigenvalue weighted by atomic mass is 16.5. The molecular weight excluding hydrogens is 272 g/mol. The number of anilines is 1. The molecule has 0 radical (unpaired) electrons. The van der Waals surface area contributed by atoms with Gasteiger partial charge in [0, 0.05) is 6.54 Å². The van der Waals surface area contributed by atoms with Crippen LogP contribution in [0.15, 0.2) is 24.7 Å². The van der Waals surface area contributed by atoms with Gasteiger partial charge in [0.2, 0.25) is 0 Å². The van der Waals surface area contributed by atoms with Gasteiger partial charge in [-0.05, 0) is 19.1 Å². The maximum atomic E-state index is 11.8. The number of carbonyl (C=O) groups excluding carboxylic acids is 1. The van der Waals surface area contributed by atoms with E-state index >= 15 is 0 Å². The lowest BCUT2D eigenvalue weighted by Crippen LogP contribution is -2.41. The monoisotopic (exact) mass is 288 g/mol. The van der Waals surface area contributed by atoms with Crippen LogP contribution < -0.4 is 10.6 Å². The second kappa shape index (κ2) is 5.58. The van der Waals surface area contributed by atoms with Crippen LogP contribution in [0.4, 0.5) is 5.69 Å². The predicted molar refractivity (Wildman–Crippen MR) is 74.9 cm³/mol. The number of hydrogen-bond acceptors (Lipinski definition) is 6. The van der Waals surface area contributed by atoms with Crippen LogP contribution in [0.2, 0.25) is 0 Å². The van der Waals surface area contributed by atoms with Crippen LogP contribution in [0.1, 0.15) is 18.8 Å². The van der Waals surface area contributed by atoms with Crippen molar-refractivity contribution in [1.29, 1.82) is 0 Å². The summed E-state index contributed by atoms with van der Waals surface area (Å²) in [5.74, 6) is 1.19. The minimum Gasteiger partial charge on any atom is -0.370 e. The van der Waals surface area contributed by atoms with Gasteiger partial charge >= 0.3 is 0 Å². The second-order valence-corrected chi connectivity index (χ2v) is 4.79. The normalized spacial score (nSPS) is 17.0. The molecule has 2 aromatic heterocycles. The number of hydrogen-bond donors (Lipinski definition) is 1. The van der Waals surface area contributed by atoms with Crippen molar-refractivity contribution >= 4 is 11.6 Å². The van der Waals surface area contributed by atoms with Crippen molar-refractivity contribution in [3.8, 4) is 5.82 Å². The van der Waals surface area contributed by atoms with Crippen LogP contribution in [-0.4, -0.2) is 45.4 Å². The van der Waals surface area contributed by atoms with Crippen LogP contribution in [0.3, 0.4) is 0 Å². The van der Waals surface area contributed by atoms with E-state index in [1.807, 2.05) is 13.0 Å². The molecule has 0 bridgehead atoms. The molecule has 0 aromatic carbocycles. The molecule has 2 aromatic rings. The Morgan fingerprint density at radius 3 is 2.90 bits per heavy atom. The SMILES string of the molecule is C[C@H](N)c1ncnn1-c1ccc(N2CCOCC2=O)cn1. The molecule has 0 aliphatic carbocycles. The van der Waals surface area contributed by atoms with E-state index in [1.54, 1.807) is 21.8 Å². The summed E-state index contributed by atoms with van der Waals surface area (Å²) in [5, 5.41) is 4.13. The minimum absolute atomic E-state index is 0.0622. The third-order valence-electron chi connectivity index (χ3n) is 3.23. The topological polar surface area (TPSA) is 99.2 Å². The van der Waals surface area contributed by atoms with Crippen molar-refractivity contribution in [2.45, 2.75) is 13.0 Å². The molecule has 3 heterocycles. The van der Waals surface area contributed by atoms with Gasteiger partial charge in [0.15, 0.2) is 11.6 Å². The fraction of sp³-hybridized carbons (Fsp3) is 0.385. The Kier molecular flexibility index (Phi) is 3.63. The average Bonchev–Trinajstić information content (AvgIpc) is 2.98. The first-order valence-electron chi connectivity index (χ1n) is 6.67. The van der Waals surface area contributed by atoms with Crippen LogP contribution in [0.25, 0.3) is 5.82 Å². The van der Waals surface area contributed by atoms with Crippen molar-refractivity contribution in [3.05, 3.63) is 30.5 Å². The molecule has 1 atom stereocenters. The molecule has 3 rings (SSSR count). The van der Waals surface area contributed by atoms with Crippen LogP contribution >= 0.6 is 0 Å². The fourth-order valence-corrected chi connectivity index (χ4v) is 2.19. The Bertz CT molecular complexity index is 636. The van der Waals surface area contributed by atoms with Crippen molar-refractivity contribution in [3.63, 3.8) is 0 Å². The molecule has 21 heavy (non-hydrogen) atoms. The lowest BCUT2D eigenvalue weighted by Gasteiger charge is -2.26. The Labute approximate surface area is 121 Å². The third-order valence-corrected chi connectivity index (χ3v) is 3.23. The quantitative estimate of drug-likeness (QED) is 0.856. The number of pyridine rings is 1. The number of amides is 1. The summed E-state index contributed by atoms with van der Waals surface area (Å²) >= 11 is 0. The summed E-state index contributed by atoms with van der Waals surface area (Å²) in [6, 6.07) is 3.38. The van der Waals surface area contributed by atoms with Gasteiger partial charge in [0.05, 0.1) is 24.5 Å². The van der Waals surface area contributed by atoms with Gasteiger partial charge in [-0.1, -0.05) is 0 Å². The van der Waals surface area contributed by atoms with E-state index in [1.165, 1.54) is 6.33 Å². The number of nitrogens with two attached hydrogens (primary N) is 1. The van der Waals surface area contributed by atoms with Crippen molar-refractivity contribution in [2.24, 2.45) is 5.73 Å². The highest BCUT2D eigenvalue weighted by molar-refractivity contribution is 5.94. The molecule has 110 valence electrons. The Morgan fingerprint density at radius 1 is 1.38 bits per heavy atom. The number of carbonyl (C=O) groups is 1. The van der Waals surface area contributed by atoms with E-state index in [0.29, 0.717) is 24.8 Å². The van der Waals surface area contributed by atoms with Gasteiger partial charge in [0.25, 0.3) is 5.91 Å². The predicted octanol–water partition coefficient (Wildman–Crippen LogP) is 0.0452. The molecule has 2 N–H and O–H groups in total. The molecule has 0 saturated carbocycles. The second-order valence-electron chi connectivity index (χ2n) is 4.79. The molecule has 0 unspecified atom stereocenters. The first-order chi connectivity index (χ1) is 10.2. The van der Waals surface area contributed by atoms with Crippen LogP contribution in [0, 0.1) is 0 Å². The smallest absolute Gasteiger partial charge is 0.253 e.